The lowest BCUT2D eigenvalue weighted by Gasteiger charge is -2.36. The summed E-state index contributed by atoms with van der Waals surface area (Å²) in [4.78, 5) is 35.9. The molecular weight excluding hydrogens is 542 g/mol. The van der Waals surface area contributed by atoms with Crippen molar-refractivity contribution < 1.29 is 22.9 Å². The Morgan fingerprint density at radius 1 is 1.10 bits per heavy atom. The highest BCUT2D eigenvalue weighted by atomic mass is 19.2. The zero-order valence-corrected chi connectivity index (χ0v) is 24.0. The Hall–Kier alpha value is -4.54. The van der Waals surface area contributed by atoms with Gasteiger partial charge in [0.05, 0.1) is 23.1 Å². The molecule has 0 aliphatic carbocycles. The van der Waals surface area contributed by atoms with Crippen molar-refractivity contribution in [2.45, 2.75) is 45.6 Å². The minimum atomic E-state index is -1.01. The maximum atomic E-state index is 14.3. The summed E-state index contributed by atoms with van der Waals surface area (Å²) >= 11 is 0. The number of aryl methyl sites for hydroxylation is 2. The number of imidazole rings is 1. The van der Waals surface area contributed by atoms with Gasteiger partial charge in [0, 0.05) is 57.1 Å². The summed E-state index contributed by atoms with van der Waals surface area (Å²) in [6.07, 6.45) is 6.14. The topological polar surface area (TPSA) is 87.2 Å². The molecule has 0 N–H and O–H groups in total. The second kappa shape index (κ2) is 10.7. The molecule has 1 saturated heterocycles. The number of anilines is 1. The van der Waals surface area contributed by atoms with E-state index in [9.17, 15) is 18.4 Å². The third-order valence-corrected chi connectivity index (χ3v) is 8.09. The first-order valence-electron chi connectivity index (χ1n) is 14.0. The fraction of sp³-hybridized carbons (Fsp3) is 0.355. The fourth-order valence-electron chi connectivity index (χ4n) is 6.09. The number of amides is 3. The van der Waals surface area contributed by atoms with Crippen molar-refractivity contribution in [2.75, 3.05) is 32.1 Å². The molecule has 2 aliphatic rings. The van der Waals surface area contributed by atoms with Crippen molar-refractivity contribution in [2.24, 2.45) is 0 Å². The van der Waals surface area contributed by atoms with E-state index in [-0.39, 0.29) is 11.9 Å². The van der Waals surface area contributed by atoms with Crippen molar-refractivity contribution in [3.63, 3.8) is 0 Å². The molecule has 1 fully saturated rings. The molecule has 218 valence electrons. The molecule has 9 nitrogen and oxygen atoms in total. The first kappa shape index (κ1) is 27.6. The van der Waals surface area contributed by atoms with Crippen molar-refractivity contribution in [3.8, 4) is 11.1 Å². The van der Waals surface area contributed by atoms with E-state index in [1.807, 2.05) is 42.7 Å². The van der Waals surface area contributed by atoms with Gasteiger partial charge in [-0.05, 0) is 68.5 Å². The van der Waals surface area contributed by atoms with Crippen LogP contribution in [0.2, 0.25) is 0 Å². The molecule has 3 amide bonds. The van der Waals surface area contributed by atoms with Gasteiger partial charge >= 0.3 is 6.03 Å². The Kier molecular flexibility index (Phi) is 7.04. The summed E-state index contributed by atoms with van der Waals surface area (Å²) in [6.45, 7) is 4.72. The second-order valence-corrected chi connectivity index (χ2v) is 11.1. The van der Waals surface area contributed by atoms with Crippen LogP contribution in [0.15, 0.2) is 47.1 Å². The van der Waals surface area contributed by atoms with Gasteiger partial charge in [0.2, 0.25) is 5.91 Å². The van der Waals surface area contributed by atoms with Gasteiger partial charge in [0.1, 0.15) is 11.4 Å². The van der Waals surface area contributed by atoms with E-state index in [0.29, 0.717) is 61.6 Å². The predicted octanol–water partition coefficient (Wildman–Crippen LogP) is 5.91. The molecule has 1 aromatic carbocycles. The molecule has 0 spiro atoms. The summed E-state index contributed by atoms with van der Waals surface area (Å²) in [6, 6.07) is 6.96. The molecule has 11 heteroatoms. The van der Waals surface area contributed by atoms with E-state index in [1.54, 1.807) is 28.8 Å². The van der Waals surface area contributed by atoms with Gasteiger partial charge in [0.15, 0.2) is 11.6 Å². The molecule has 0 saturated carbocycles. The third kappa shape index (κ3) is 4.72. The number of carbonyl (C=O) groups excluding carboxylic acids is 2. The van der Waals surface area contributed by atoms with Gasteiger partial charge in [-0.2, -0.15) is 0 Å². The van der Waals surface area contributed by atoms with Crippen molar-refractivity contribution in [1.82, 2.24) is 24.3 Å². The molecule has 42 heavy (non-hydrogen) atoms. The van der Waals surface area contributed by atoms with Gasteiger partial charge in [-0.3, -0.25) is 9.20 Å². The highest BCUT2D eigenvalue weighted by molar-refractivity contribution is 5.95. The Bertz CT molecular complexity index is 1720. The monoisotopic (exact) mass is 574 g/mol. The summed E-state index contributed by atoms with van der Waals surface area (Å²) in [5.41, 5.74) is 6.08. The number of urea groups is 1. The van der Waals surface area contributed by atoms with E-state index < -0.39 is 17.7 Å². The predicted molar refractivity (Wildman–Crippen MR) is 154 cm³/mol. The molecule has 5 heterocycles. The smallest absolute Gasteiger partial charge is 0.319 e. The molecule has 3 aromatic heterocycles. The number of rotatable bonds is 4. The summed E-state index contributed by atoms with van der Waals surface area (Å²) in [5, 5.41) is 4.09. The maximum Gasteiger partial charge on any atom is 0.319 e. The lowest BCUT2D eigenvalue weighted by atomic mass is 9.93. The molecule has 0 unspecified atom stereocenters. The number of hydrogen-bond donors (Lipinski definition) is 0. The molecule has 2 aliphatic heterocycles. The van der Waals surface area contributed by atoms with Crippen LogP contribution >= 0.6 is 0 Å². The first-order chi connectivity index (χ1) is 20.1. The SMILES string of the molecule is Cc1noc(C)c1-c1ccn2c(C3=CCN(C(=O)N(C)C)CC3)c([C@@H]3CCCC(=O)N3c3ccc(F)c(F)c3)nc2c1. The van der Waals surface area contributed by atoms with E-state index in [2.05, 4.69) is 5.16 Å². The van der Waals surface area contributed by atoms with Crippen LogP contribution in [0.5, 0.6) is 0 Å². The zero-order valence-electron chi connectivity index (χ0n) is 24.0. The van der Waals surface area contributed by atoms with Gasteiger partial charge in [-0.25, -0.2) is 18.6 Å². The van der Waals surface area contributed by atoms with E-state index >= 15 is 0 Å². The number of fused-ring (bicyclic) bond motifs is 1. The minimum Gasteiger partial charge on any atom is -0.361 e. The highest BCUT2D eigenvalue weighted by Gasteiger charge is 2.36. The Morgan fingerprint density at radius 2 is 1.90 bits per heavy atom. The summed E-state index contributed by atoms with van der Waals surface area (Å²) in [5.74, 6) is -1.45. The quantitative estimate of drug-likeness (QED) is 0.302. The second-order valence-electron chi connectivity index (χ2n) is 11.1. The number of halogens is 2. The number of benzene rings is 1. The van der Waals surface area contributed by atoms with Crippen LogP contribution < -0.4 is 4.90 Å². The standard InChI is InChI=1S/C31H32F2N6O3/c1-18-28(19(2)42-35-18)21-12-15-38-26(16-21)34-29(30(38)20-10-13-37(14-11-20)31(41)36(3)4)25-6-5-7-27(40)39(25)22-8-9-23(32)24(33)17-22/h8-10,12,15-17,25H,5-7,11,13-14H2,1-4H3/t25-/m0/s1. The maximum absolute atomic E-state index is 14.3. The van der Waals surface area contributed by atoms with Gasteiger partial charge in [0.25, 0.3) is 0 Å². The van der Waals surface area contributed by atoms with Crippen molar-refractivity contribution in [3.05, 3.63) is 77.1 Å². The van der Waals surface area contributed by atoms with Crippen LogP contribution in [0.1, 0.15) is 54.6 Å². The Morgan fingerprint density at radius 3 is 2.57 bits per heavy atom. The average Bonchev–Trinajstić information content (AvgIpc) is 3.52. The lowest BCUT2D eigenvalue weighted by Crippen LogP contribution is -2.41. The van der Waals surface area contributed by atoms with E-state index in [4.69, 9.17) is 9.51 Å². The molecule has 6 rings (SSSR count). The van der Waals surface area contributed by atoms with Gasteiger partial charge in [-0.15, -0.1) is 0 Å². The van der Waals surface area contributed by atoms with Crippen LogP contribution in [0.3, 0.4) is 0 Å². The molecule has 4 aromatic rings. The van der Waals surface area contributed by atoms with E-state index in [0.717, 1.165) is 40.2 Å². The zero-order chi connectivity index (χ0) is 29.7. The largest absolute Gasteiger partial charge is 0.361 e. The Labute approximate surface area is 242 Å². The van der Waals surface area contributed by atoms with Crippen LogP contribution in [0.25, 0.3) is 22.3 Å². The highest BCUT2D eigenvalue weighted by Crippen LogP contribution is 2.41. The molecule has 1 atom stereocenters. The van der Waals surface area contributed by atoms with Crippen LogP contribution in [0.4, 0.5) is 19.3 Å². The number of nitrogens with zero attached hydrogens (tertiary/aromatic N) is 6. The number of pyridine rings is 1. The lowest BCUT2D eigenvalue weighted by molar-refractivity contribution is -0.120. The number of carbonyl (C=O) groups is 2. The number of hydrogen-bond acceptors (Lipinski definition) is 5. The molecule has 0 bridgehead atoms. The van der Waals surface area contributed by atoms with E-state index in [1.165, 1.54) is 6.07 Å². The van der Waals surface area contributed by atoms with Gasteiger partial charge in [-0.1, -0.05) is 11.2 Å². The molecular formula is C31H32F2N6O3. The average molecular weight is 575 g/mol. The number of piperidine rings is 1. The van der Waals surface area contributed by atoms with Crippen LogP contribution in [-0.4, -0.2) is 63.5 Å². The normalized spacial score (nSPS) is 17.6. The number of aromatic nitrogens is 3. The van der Waals surface area contributed by atoms with Crippen molar-refractivity contribution in [1.29, 1.82) is 0 Å². The minimum absolute atomic E-state index is 0.0600. The summed E-state index contributed by atoms with van der Waals surface area (Å²) < 4.78 is 35.6. The Balaban J connectivity index is 1.51. The first-order valence-corrected chi connectivity index (χ1v) is 14.0. The molecule has 0 radical (unpaired) electrons. The van der Waals surface area contributed by atoms with Crippen molar-refractivity contribution >= 4 is 28.8 Å². The van der Waals surface area contributed by atoms with Crippen LogP contribution in [0, 0.1) is 25.5 Å². The fourth-order valence-corrected chi connectivity index (χ4v) is 6.09. The third-order valence-electron chi connectivity index (χ3n) is 8.09. The van der Waals surface area contributed by atoms with Gasteiger partial charge < -0.3 is 19.2 Å². The summed E-state index contributed by atoms with van der Waals surface area (Å²) in [7, 11) is 3.46. The van der Waals surface area contributed by atoms with Crippen LogP contribution in [-0.2, 0) is 4.79 Å².